The van der Waals surface area contributed by atoms with Crippen molar-refractivity contribution >= 4 is 17.1 Å². The number of carbonyl (C=O) groups excluding carboxylic acids is 1. The number of hydrogen-bond donors (Lipinski definition) is 0. The van der Waals surface area contributed by atoms with E-state index in [-0.39, 0.29) is 10.4 Å². The van der Waals surface area contributed by atoms with Crippen LogP contribution in [0.2, 0.25) is 0 Å². The lowest BCUT2D eigenvalue weighted by atomic mass is 10.1. The van der Waals surface area contributed by atoms with Crippen LogP contribution in [0.15, 0.2) is 30.5 Å². The predicted molar refractivity (Wildman–Crippen MR) is 63.5 cm³/mol. The van der Waals surface area contributed by atoms with Gasteiger partial charge in [-0.3, -0.25) is 4.79 Å². The highest BCUT2D eigenvalue weighted by molar-refractivity contribution is 7.14. The Morgan fingerprint density at radius 1 is 1.32 bits per heavy atom. The average molecular weight is 287 g/mol. The van der Waals surface area contributed by atoms with Crippen LogP contribution in [0.25, 0.3) is 0 Å². The molecule has 0 bridgehead atoms. The number of thiazole rings is 1. The molecule has 7 heteroatoms. The predicted octanol–water partition coefficient (Wildman–Crippen LogP) is 3.40. The molecule has 1 heterocycles. The van der Waals surface area contributed by atoms with E-state index in [4.69, 9.17) is 4.74 Å². The number of rotatable bonds is 3. The Morgan fingerprint density at radius 2 is 2.00 bits per heavy atom. The van der Waals surface area contributed by atoms with Gasteiger partial charge in [0.1, 0.15) is 5.75 Å². The molecule has 0 atom stereocenters. The highest BCUT2D eigenvalue weighted by Crippen LogP contribution is 2.33. The SMILES string of the molecule is COc1ccccc1C(=O)c1cnc(C(F)(F)F)s1. The van der Waals surface area contributed by atoms with Crippen molar-refractivity contribution in [2.24, 2.45) is 0 Å². The zero-order valence-electron chi connectivity index (χ0n) is 9.69. The Balaban J connectivity index is 2.37. The van der Waals surface area contributed by atoms with E-state index in [0.717, 1.165) is 6.20 Å². The molecule has 0 spiro atoms. The van der Waals surface area contributed by atoms with Gasteiger partial charge in [0.25, 0.3) is 0 Å². The summed E-state index contributed by atoms with van der Waals surface area (Å²) >= 11 is 0.321. The second-order valence-corrected chi connectivity index (χ2v) is 4.59. The second kappa shape index (κ2) is 5.00. The lowest BCUT2D eigenvalue weighted by Crippen LogP contribution is -2.03. The first-order valence-electron chi connectivity index (χ1n) is 5.14. The first kappa shape index (κ1) is 13.5. The van der Waals surface area contributed by atoms with Gasteiger partial charge in [0, 0.05) is 6.20 Å². The summed E-state index contributed by atoms with van der Waals surface area (Å²) in [5.41, 5.74) is 0.211. The third-order valence-corrected chi connectivity index (χ3v) is 3.36. The number of ether oxygens (including phenoxy) is 1. The van der Waals surface area contributed by atoms with Gasteiger partial charge in [0.15, 0.2) is 5.01 Å². The average Bonchev–Trinajstić information content (AvgIpc) is 2.87. The van der Waals surface area contributed by atoms with Crippen molar-refractivity contribution in [2.75, 3.05) is 7.11 Å². The number of para-hydroxylation sites is 1. The molecule has 0 aliphatic heterocycles. The summed E-state index contributed by atoms with van der Waals surface area (Å²) in [5.74, 6) is -0.222. The number of nitrogens with zero attached hydrogens (tertiary/aromatic N) is 1. The maximum Gasteiger partial charge on any atom is 0.443 e. The van der Waals surface area contributed by atoms with Gasteiger partial charge >= 0.3 is 6.18 Å². The molecule has 3 nitrogen and oxygen atoms in total. The fourth-order valence-corrected chi connectivity index (χ4v) is 2.21. The smallest absolute Gasteiger partial charge is 0.443 e. The zero-order valence-corrected chi connectivity index (χ0v) is 10.5. The summed E-state index contributed by atoms with van der Waals surface area (Å²) in [6.07, 6.45) is -3.60. The summed E-state index contributed by atoms with van der Waals surface area (Å²) < 4.78 is 42.3. The molecule has 2 aromatic rings. The molecule has 100 valence electrons. The maximum atomic E-state index is 12.4. The van der Waals surface area contributed by atoms with Crippen LogP contribution in [0.3, 0.4) is 0 Å². The van der Waals surface area contributed by atoms with Crippen molar-refractivity contribution in [3.8, 4) is 5.75 Å². The van der Waals surface area contributed by atoms with Gasteiger partial charge in [-0.25, -0.2) is 4.98 Å². The molecule has 2 rings (SSSR count). The Kier molecular flexibility index (Phi) is 3.57. The Hall–Kier alpha value is -1.89. The van der Waals surface area contributed by atoms with E-state index in [9.17, 15) is 18.0 Å². The Labute approximate surface area is 110 Å². The van der Waals surface area contributed by atoms with Crippen molar-refractivity contribution in [3.63, 3.8) is 0 Å². The molecule has 0 saturated heterocycles. The van der Waals surface area contributed by atoms with Crippen LogP contribution in [-0.4, -0.2) is 17.9 Å². The van der Waals surface area contributed by atoms with E-state index in [1.165, 1.54) is 13.2 Å². The van der Waals surface area contributed by atoms with Crippen LogP contribution in [0, 0.1) is 0 Å². The highest BCUT2D eigenvalue weighted by atomic mass is 32.1. The van der Waals surface area contributed by atoms with Crippen molar-refractivity contribution in [3.05, 3.63) is 45.9 Å². The maximum absolute atomic E-state index is 12.4. The van der Waals surface area contributed by atoms with Crippen molar-refractivity contribution in [1.82, 2.24) is 4.98 Å². The Bertz CT molecular complexity index is 607. The van der Waals surface area contributed by atoms with Crippen LogP contribution in [0.1, 0.15) is 20.2 Å². The minimum absolute atomic E-state index is 0.0724. The third kappa shape index (κ3) is 2.76. The molecule has 0 aliphatic carbocycles. The molecule has 1 aromatic heterocycles. The number of carbonyl (C=O) groups is 1. The largest absolute Gasteiger partial charge is 0.496 e. The van der Waals surface area contributed by atoms with E-state index < -0.39 is 17.0 Å². The highest BCUT2D eigenvalue weighted by Gasteiger charge is 2.35. The molecule has 0 fully saturated rings. The first-order chi connectivity index (χ1) is 8.93. The van der Waals surface area contributed by atoms with Gasteiger partial charge in [-0.05, 0) is 12.1 Å². The fourth-order valence-electron chi connectivity index (χ4n) is 1.48. The van der Waals surface area contributed by atoms with Crippen molar-refractivity contribution in [1.29, 1.82) is 0 Å². The van der Waals surface area contributed by atoms with Crippen molar-refractivity contribution in [2.45, 2.75) is 6.18 Å². The number of benzene rings is 1. The number of aromatic nitrogens is 1. The van der Waals surface area contributed by atoms with Gasteiger partial charge in [-0.1, -0.05) is 12.1 Å². The topological polar surface area (TPSA) is 39.2 Å². The van der Waals surface area contributed by atoms with Gasteiger partial charge in [0.05, 0.1) is 17.6 Å². The van der Waals surface area contributed by atoms with Crippen LogP contribution in [0.4, 0.5) is 13.2 Å². The molecular weight excluding hydrogens is 279 g/mol. The first-order valence-corrected chi connectivity index (χ1v) is 5.96. The van der Waals surface area contributed by atoms with Crippen LogP contribution in [0.5, 0.6) is 5.75 Å². The summed E-state index contributed by atoms with van der Waals surface area (Å²) in [6, 6.07) is 6.35. The fraction of sp³-hybridized carbons (Fsp3) is 0.167. The van der Waals surface area contributed by atoms with E-state index >= 15 is 0 Å². The summed E-state index contributed by atoms with van der Waals surface area (Å²) in [5, 5.41) is -1.04. The molecule has 0 saturated carbocycles. The third-order valence-electron chi connectivity index (χ3n) is 2.32. The van der Waals surface area contributed by atoms with Gasteiger partial charge in [0.2, 0.25) is 5.78 Å². The number of halogens is 3. The van der Waals surface area contributed by atoms with Gasteiger partial charge in [-0.2, -0.15) is 13.2 Å². The molecule has 1 aromatic carbocycles. The van der Waals surface area contributed by atoms with Gasteiger partial charge < -0.3 is 4.74 Å². The quantitative estimate of drug-likeness (QED) is 0.812. The Morgan fingerprint density at radius 3 is 2.58 bits per heavy atom. The standard InChI is InChI=1S/C12H8F3NO2S/c1-18-8-5-3-2-4-7(8)10(17)9-6-16-11(19-9)12(13,14)15/h2-6H,1H3. The summed E-state index contributed by atoms with van der Waals surface area (Å²) in [6.45, 7) is 0. The molecule has 0 unspecified atom stereocenters. The normalized spacial score (nSPS) is 11.4. The minimum atomic E-state index is -4.54. The minimum Gasteiger partial charge on any atom is -0.496 e. The lowest BCUT2D eigenvalue weighted by molar-refractivity contribution is -0.137. The van der Waals surface area contributed by atoms with Crippen LogP contribution < -0.4 is 4.74 Å². The molecule has 0 amide bonds. The lowest BCUT2D eigenvalue weighted by Gasteiger charge is -2.05. The van der Waals surface area contributed by atoms with Crippen LogP contribution in [-0.2, 0) is 6.18 Å². The molecule has 19 heavy (non-hydrogen) atoms. The molecule has 0 radical (unpaired) electrons. The number of hydrogen-bond acceptors (Lipinski definition) is 4. The van der Waals surface area contributed by atoms with E-state index in [1.54, 1.807) is 18.2 Å². The van der Waals surface area contributed by atoms with Gasteiger partial charge in [-0.15, -0.1) is 11.3 Å². The summed E-state index contributed by atoms with van der Waals surface area (Å²) in [7, 11) is 1.39. The monoisotopic (exact) mass is 287 g/mol. The zero-order chi connectivity index (χ0) is 14.0. The van der Waals surface area contributed by atoms with E-state index in [2.05, 4.69) is 4.98 Å². The second-order valence-electron chi connectivity index (χ2n) is 3.56. The molecular formula is C12H8F3NO2S. The number of ketones is 1. The molecule has 0 aliphatic rings. The molecule has 0 N–H and O–H groups in total. The van der Waals surface area contributed by atoms with E-state index in [1.807, 2.05) is 0 Å². The summed E-state index contributed by atoms with van der Waals surface area (Å²) in [4.78, 5) is 15.2. The van der Waals surface area contributed by atoms with Crippen molar-refractivity contribution < 1.29 is 22.7 Å². The van der Waals surface area contributed by atoms with Crippen LogP contribution >= 0.6 is 11.3 Å². The number of alkyl halides is 3. The van der Waals surface area contributed by atoms with E-state index in [0.29, 0.717) is 17.1 Å². The number of methoxy groups -OCH3 is 1.